The molecule has 0 bridgehead atoms. The summed E-state index contributed by atoms with van der Waals surface area (Å²) < 4.78 is 13.7. The van der Waals surface area contributed by atoms with Gasteiger partial charge >= 0.3 is 5.97 Å². The summed E-state index contributed by atoms with van der Waals surface area (Å²) in [6.07, 6.45) is 2.75. The minimum absolute atomic E-state index is 0.466. The van der Waals surface area contributed by atoms with Crippen LogP contribution in [0.3, 0.4) is 0 Å². The largest absolute Gasteiger partial charge is 0.467 e. The molecule has 0 aliphatic rings. The number of rotatable bonds is 6. The standard InChI is InChI=1S/C27H31ClN4O3/c1-15-17(3)32(14-18-12-29-30-13-18)25-21(15)23(19-8-10-20(28)11-9-19)22(16(2)31-25)24(26(33)34-7)35-27(4,5)6/h8-13,24H,14H2,1-7H3,(H,29,30)/t24-/m0/s1. The van der Waals surface area contributed by atoms with Crippen molar-refractivity contribution in [3.8, 4) is 11.1 Å². The van der Waals surface area contributed by atoms with Gasteiger partial charge in [0, 0.05) is 44.7 Å². The number of benzene rings is 1. The highest BCUT2D eigenvalue weighted by Gasteiger charge is 2.34. The van der Waals surface area contributed by atoms with Crippen LogP contribution in [0, 0.1) is 20.8 Å². The van der Waals surface area contributed by atoms with Crippen LogP contribution >= 0.6 is 11.6 Å². The molecule has 0 spiro atoms. The van der Waals surface area contributed by atoms with Crippen molar-refractivity contribution >= 4 is 28.6 Å². The smallest absolute Gasteiger partial charge is 0.339 e. The number of esters is 1. The Bertz CT molecular complexity index is 1370. The van der Waals surface area contributed by atoms with Crippen LogP contribution in [0.4, 0.5) is 0 Å². The Labute approximate surface area is 210 Å². The Morgan fingerprint density at radius 3 is 2.43 bits per heavy atom. The van der Waals surface area contributed by atoms with E-state index in [9.17, 15) is 4.79 Å². The highest BCUT2D eigenvalue weighted by atomic mass is 35.5. The quantitative estimate of drug-likeness (QED) is 0.328. The number of aromatic amines is 1. The summed E-state index contributed by atoms with van der Waals surface area (Å²) >= 11 is 6.23. The Balaban J connectivity index is 2.09. The number of hydrogen-bond donors (Lipinski definition) is 1. The average molecular weight is 495 g/mol. The number of pyridine rings is 1. The van der Waals surface area contributed by atoms with Gasteiger partial charge in [-0.1, -0.05) is 23.7 Å². The first-order valence-electron chi connectivity index (χ1n) is 11.5. The highest BCUT2D eigenvalue weighted by molar-refractivity contribution is 6.30. The van der Waals surface area contributed by atoms with Crippen molar-refractivity contribution < 1.29 is 14.3 Å². The molecule has 1 atom stereocenters. The minimum Gasteiger partial charge on any atom is -0.467 e. The van der Waals surface area contributed by atoms with Crippen LogP contribution < -0.4 is 0 Å². The number of aromatic nitrogens is 4. The number of nitrogens with zero attached hydrogens (tertiary/aromatic N) is 3. The molecule has 1 aromatic carbocycles. The zero-order valence-corrected chi connectivity index (χ0v) is 21.9. The summed E-state index contributed by atoms with van der Waals surface area (Å²) in [5, 5.41) is 8.58. The lowest BCUT2D eigenvalue weighted by molar-refractivity contribution is -0.164. The molecule has 1 N–H and O–H groups in total. The number of H-pyrrole nitrogens is 1. The number of aryl methyl sites for hydroxylation is 2. The molecule has 3 heterocycles. The van der Waals surface area contributed by atoms with Crippen molar-refractivity contribution in [2.24, 2.45) is 0 Å². The third-order valence-electron chi connectivity index (χ3n) is 6.16. The maximum Gasteiger partial charge on any atom is 0.339 e. The van der Waals surface area contributed by atoms with E-state index in [4.69, 9.17) is 26.1 Å². The summed E-state index contributed by atoms with van der Waals surface area (Å²) in [6.45, 7) is 12.5. The van der Waals surface area contributed by atoms with Gasteiger partial charge in [0.2, 0.25) is 0 Å². The molecule has 0 unspecified atom stereocenters. The van der Waals surface area contributed by atoms with Gasteiger partial charge in [-0.3, -0.25) is 5.10 Å². The van der Waals surface area contributed by atoms with Crippen LogP contribution in [0.2, 0.25) is 5.02 Å². The lowest BCUT2D eigenvalue weighted by atomic mass is 9.91. The van der Waals surface area contributed by atoms with Gasteiger partial charge < -0.3 is 14.0 Å². The number of fused-ring (bicyclic) bond motifs is 1. The highest BCUT2D eigenvalue weighted by Crippen LogP contribution is 2.42. The maximum atomic E-state index is 13.1. The second-order valence-electron chi connectivity index (χ2n) is 9.73. The Morgan fingerprint density at radius 1 is 1.17 bits per heavy atom. The molecule has 4 aromatic rings. The van der Waals surface area contributed by atoms with Crippen LogP contribution in [0.5, 0.6) is 0 Å². The zero-order valence-electron chi connectivity index (χ0n) is 21.2. The van der Waals surface area contributed by atoms with Gasteiger partial charge in [0.15, 0.2) is 6.10 Å². The molecule has 184 valence electrons. The fraction of sp³-hybridized carbons (Fsp3) is 0.370. The second-order valence-corrected chi connectivity index (χ2v) is 10.2. The number of halogens is 1. The number of hydrogen-bond acceptors (Lipinski definition) is 5. The predicted octanol–water partition coefficient (Wildman–Crippen LogP) is 6.08. The van der Waals surface area contributed by atoms with E-state index in [-0.39, 0.29) is 0 Å². The summed E-state index contributed by atoms with van der Waals surface area (Å²) in [5.74, 6) is -0.466. The van der Waals surface area contributed by atoms with E-state index in [1.165, 1.54) is 7.11 Å². The van der Waals surface area contributed by atoms with Gasteiger partial charge in [0.1, 0.15) is 5.65 Å². The van der Waals surface area contributed by atoms with Crippen LogP contribution in [0.25, 0.3) is 22.2 Å². The molecule has 0 aliphatic carbocycles. The van der Waals surface area contributed by atoms with Crippen molar-refractivity contribution in [3.63, 3.8) is 0 Å². The molecule has 8 heteroatoms. The number of carbonyl (C=O) groups is 1. The third-order valence-corrected chi connectivity index (χ3v) is 6.41. The Kier molecular flexibility index (Phi) is 6.75. The molecule has 7 nitrogen and oxygen atoms in total. The SMILES string of the molecule is COC(=O)[C@@H](OC(C)(C)C)c1c(C)nc2c(c(C)c(C)n2Cc2cn[nH]c2)c1-c1ccc(Cl)cc1. The van der Waals surface area contributed by atoms with E-state index in [0.717, 1.165) is 39.0 Å². The van der Waals surface area contributed by atoms with E-state index in [2.05, 4.69) is 28.6 Å². The first-order valence-corrected chi connectivity index (χ1v) is 11.9. The minimum atomic E-state index is -0.945. The maximum absolute atomic E-state index is 13.1. The topological polar surface area (TPSA) is 82.0 Å². The number of methoxy groups -OCH3 is 1. The Hall–Kier alpha value is -3.16. The zero-order chi connectivity index (χ0) is 25.5. The lowest BCUT2D eigenvalue weighted by Gasteiger charge is -2.28. The molecular formula is C27H31ClN4O3. The van der Waals surface area contributed by atoms with Crippen LogP contribution in [0.1, 0.15) is 55.0 Å². The van der Waals surface area contributed by atoms with Crippen molar-refractivity contribution in [3.05, 3.63) is 69.8 Å². The first kappa shape index (κ1) is 24.9. The molecule has 0 saturated carbocycles. The van der Waals surface area contributed by atoms with E-state index in [0.29, 0.717) is 22.8 Å². The summed E-state index contributed by atoms with van der Waals surface area (Å²) in [5.41, 5.74) is 6.70. The molecular weight excluding hydrogens is 464 g/mol. The number of ether oxygens (including phenoxy) is 2. The van der Waals surface area contributed by atoms with E-state index in [1.54, 1.807) is 0 Å². The normalized spacial score (nSPS) is 12.8. The molecule has 0 radical (unpaired) electrons. The molecule has 35 heavy (non-hydrogen) atoms. The summed E-state index contributed by atoms with van der Waals surface area (Å²) in [4.78, 5) is 18.1. The molecule has 4 rings (SSSR count). The van der Waals surface area contributed by atoms with Gasteiger partial charge in [-0.15, -0.1) is 0 Å². The molecule has 0 fully saturated rings. The van der Waals surface area contributed by atoms with Gasteiger partial charge in [0.05, 0.1) is 25.5 Å². The fourth-order valence-corrected chi connectivity index (χ4v) is 4.58. The van der Waals surface area contributed by atoms with Gasteiger partial charge in [-0.25, -0.2) is 9.78 Å². The Morgan fingerprint density at radius 2 is 1.86 bits per heavy atom. The van der Waals surface area contributed by atoms with Gasteiger partial charge in [0.25, 0.3) is 0 Å². The monoisotopic (exact) mass is 494 g/mol. The summed E-state index contributed by atoms with van der Waals surface area (Å²) in [7, 11) is 1.38. The summed E-state index contributed by atoms with van der Waals surface area (Å²) in [6, 6.07) is 7.64. The van der Waals surface area contributed by atoms with Crippen LogP contribution in [-0.2, 0) is 20.8 Å². The van der Waals surface area contributed by atoms with E-state index in [1.807, 2.05) is 64.4 Å². The van der Waals surface area contributed by atoms with Crippen molar-refractivity contribution in [2.45, 2.75) is 59.8 Å². The molecule has 0 amide bonds. The van der Waals surface area contributed by atoms with Crippen molar-refractivity contribution in [1.29, 1.82) is 0 Å². The van der Waals surface area contributed by atoms with Crippen molar-refractivity contribution in [2.75, 3.05) is 7.11 Å². The second kappa shape index (κ2) is 9.47. The lowest BCUT2D eigenvalue weighted by Crippen LogP contribution is -2.29. The molecule has 0 saturated heterocycles. The number of carbonyl (C=O) groups excluding carboxylic acids is 1. The van der Waals surface area contributed by atoms with Crippen LogP contribution in [-0.4, -0.2) is 38.4 Å². The average Bonchev–Trinajstić information content (AvgIpc) is 3.39. The predicted molar refractivity (Wildman–Crippen MR) is 138 cm³/mol. The number of nitrogens with one attached hydrogen (secondary N) is 1. The first-order chi connectivity index (χ1) is 16.5. The van der Waals surface area contributed by atoms with Crippen LogP contribution in [0.15, 0.2) is 36.7 Å². The fourth-order valence-electron chi connectivity index (χ4n) is 4.46. The van der Waals surface area contributed by atoms with E-state index >= 15 is 0 Å². The third kappa shape index (κ3) is 4.83. The molecule has 3 aromatic heterocycles. The van der Waals surface area contributed by atoms with Gasteiger partial charge in [-0.2, -0.15) is 5.10 Å². The van der Waals surface area contributed by atoms with Gasteiger partial charge in [-0.05, 0) is 64.8 Å². The molecule has 0 aliphatic heterocycles. The van der Waals surface area contributed by atoms with E-state index < -0.39 is 17.7 Å². The van der Waals surface area contributed by atoms with Crippen molar-refractivity contribution in [1.82, 2.24) is 19.7 Å².